The molecular weight excluding hydrogens is 336 g/mol. The molecule has 2 aromatic rings. The molecule has 0 unspecified atom stereocenters. The molecule has 1 fully saturated rings. The minimum atomic E-state index is 0.564. The summed E-state index contributed by atoms with van der Waals surface area (Å²) >= 11 is 9.61. The van der Waals surface area contributed by atoms with Gasteiger partial charge in [0.2, 0.25) is 0 Å². The molecule has 0 atom stereocenters. The SMILES string of the molecule is Clc1cc(C2CCCC2)nc(Cc2ccc(Br)cc2)n1. The van der Waals surface area contributed by atoms with E-state index in [1.165, 1.54) is 31.2 Å². The number of aromatic nitrogens is 2. The van der Waals surface area contributed by atoms with Gasteiger partial charge in [0.05, 0.1) is 0 Å². The topological polar surface area (TPSA) is 25.8 Å². The number of hydrogen-bond acceptors (Lipinski definition) is 2. The maximum atomic E-state index is 6.16. The molecule has 2 nitrogen and oxygen atoms in total. The molecule has 0 amide bonds. The van der Waals surface area contributed by atoms with E-state index in [4.69, 9.17) is 16.6 Å². The first kappa shape index (κ1) is 14.0. The molecule has 0 bridgehead atoms. The highest BCUT2D eigenvalue weighted by molar-refractivity contribution is 9.10. The van der Waals surface area contributed by atoms with Crippen LogP contribution in [0.25, 0.3) is 0 Å². The molecule has 20 heavy (non-hydrogen) atoms. The van der Waals surface area contributed by atoms with Crippen molar-refractivity contribution in [3.05, 3.63) is 57.0 Å². The van der Waals surface area contributed by atoms with Crippen molar-refractivity contribution in [1.29, 1.82) is 0 Å². The summed E-state index contributed by atoms with van der Waals surface area (Å²) in [5, 5.41) is 0.564. The van der Waals surface area contributed by atoms with Crippen molar-refractivity contribution >= 4 is 27.5 Å². The molecule has 104 valence electrons. The average Bonchev–Trinajstić information content (AvgIpc) is 2.95. The van der Waals surface area contributed by atoms with Crippen LogP contribution in [0.3, 0.4) is 0 Å². The molecule has 0 radical (unpaired) electrons. The van der Waals surface area contributed by atoms with Gasteiger partial charge in [0.15, 0.2) is 0 Å². The molecule has 1 aliphatic rings. The highest BCUT2D eigenvalue weighted by atomic mass is 79.9. The maximum absolute atomic E-state index is 6.16. The van der Waals surface area contributed by atoms with Crippen molar-refractivity contribution in [2.45, 2.75) is 38.0 Å². The third-order valence-electron chi connectivity index (χ3n) is 3.81. The van der Waals surface area contributed by atoms with Crippen LogP contribution in [0.15, 0.2) is 34.8 Å². The molecule has 1 aromatic carbocycles. The largest absolute Gasteiger partial charge is 0.237 e. The van der Waals surface area contributed by atoms with Gasteiger partial charge in [-0.2, -0.15) is 0 Å². The Kier molecular flexibility index (Phi) is 4.37. The van der Waals surface area contributed by atoms with Crippen LogP contribution < -0.4 is 0 Å². The summed E-state index contributed by atoms with van der Waals surface area (Å²) in [5.41, 5.74) is 2.32. The average molecular weight is 352 g/mol. The van der Waals surface area contributed by atoms with Crippen molar-refractivity contribution in [3.63, 3.8) is 0 Å². The van der Waals surface area contributed by atoms with Gasteiger partial charge >= 0.3 is 0 Å². The number of hydrogen-bond donors (Lipinski definition) is 0. The van der Waals surface area contributed by atoms with Crippen molar-refractivity contribution in [2.75, 3.05) is 0 Å². The van der Waals surface area contributed by atoms with Crippen molar-refractivity contribution < 1.29 is 0 Å². The Morgan fingerprint density at radius 1 is 1.10 bits per heavy atom. The Morgan fingerprint density at radius 3 is 2.50 bits per heavy atom. The minimum absolute atomic E-state index is 0.564. The fourth-order valence-electron chi connectivity index (χ4n) is 2.78. The monoisotopic (exact) mass is 350 g/mol. The summed E-state index contributed by atoms with van der Waals surface area (Å²) in [4.78, 5) is 9.09. The Morgan fingerprint density at radius 2 is 1.80 bits per heavy atom. The van der Waals surface area contributed by atoms with E-state index in [9.17, 15) is 0 Å². The van der Waals surface area contributed by atoms with Gasteiger partial charge in [-0.3, -0.25) is 0 Å². The molecule has 0 spiro atoms. The van der Waals surface area contributed by atoms with E-state index >= 15 is 0 Å². The minimum Gasteiger partial charge on any atom is -0.237 e. The standard InChI is InChI=1S/C16H16BrClN2/c17-13-7-5-11(6-8-13)9-16-19-14(10-15(18)20-16)12-3-1-2-4-12/h5-8,10,12H,1-4,9H2. The zero-order valence-electron chi connectivity index (χ0n) is 11.1. The predicted octanol–water partition coefficient (Wildman–Crippen LogP) is 5.14. The van der Waals surface area contributed by atoms with E-state index in [1.54, 1.807) is 0 Å². The van der Waals surface area contributed by atoms with E-state index in [2.05, 4.69) is 33.0 Å². The summed E-state index contributed by atoms with van der Waals surface area (Å²) in [6.45, 7) is 0. The normalized spacial score (nSPS) is 15.7. The second-order valence-corrected chi connectivity index (χ2v) is 6.62. The lowest BCUT2D eigenvalue weighted by molar-refractivity contribution is 0.686. The van der Waals surface area contributed by atoms with Crippen molar-refractivity contribution in [3.8, 4) is 0 Å². The molecule has 3 rings (SSSR count). The van der Waals surface area contributed by atoms with E-state index in [-0.39, 0.29) is 0 Å². The van der Waals surface area contributed by atoms with Crippen LogP contribution >= 0.6 is 27.5 Å². The molecule has 1 aliphatic carbocycles. The van der Waals surface area contributed by atoms with Crippen LogP contribution in [0.1, 0.15) is 48.7 Å². The molecule has 0 aliphatic heterocycles. The fraction of sp³-hybridized carbons (Fsp3) is 0.375. The van der Waals surface area contributed by atoms with Crippen molar-refractivity contribution in [1.82, 2.24) is 9.97 Å². The Hall–Kier alpha value is -0.930. The van der Waals surface area contributed by atoms with E-state index in [0.717, 1.165) is 22.4 Å². The van der Waals surface area contributed by atoms with Gasteiger partial charge in [0, 0.05) is 22.5 Å². The molecular formula is C16H16BrClN2. The number of nitrogens with zero attached hydrogens (tertiary/aromatic N) is 2. The molecule has 0 N–H and O–H groups in total. The Bertz CT molecular complexity index is 592. The fourth-order valence-corrected chi connectivity index (χ4v) is 3.25. The zero-order valence-corrected chi connectivity index (χ0v) is 13.5. The van der Waals surface area contributed by atoms with E-state index in [0.29, 0.717) is 11.1 Å². The van der Waals surface area contributed by atoms with Crippen LogP contribution in [0, 0.1) is 0 Å². The summed E-state index contributed by atoms with van der Waals surface area (Å²) in [5.74, 6) is 1.39. The second kappa shape index (κ2) is 6.23. The third kappa shape index (κ3) is 3.39. The number of benzene rings is 1. The summed E-state index contributed by atoms with van der Waals surface area (Å²) in [6.07, 6.45) is 5.78. The molecule has 4 heteroatoms. The Balaban J connectivity index is 1.83. The first-order valence-electron chi connectivity index (χ1n) is 6.98. The van der Waals surface area contributed by atoms with Gasteiger partial charge in [0.1, 0.15) is 11.0 Å². The van der Waals surface area contributed by atoms with Crippen molar-refractivity contribution in [2.24, 2.45) is 0 Å². The summed E-state index contributed by atoms with van der Waals surface area (Å²) < 4.78 is 1.08. The lowest BCUT2D eigenvalue weighted by atomic mass is 10.0. The number of rotatable bonds is 3. The van der Waals surface area contributed by atoms with Gasteiger partial charge in [0.25, 0.3) is 0 Å². The molecule has 1 aromatic heterocycles. The molecule has 1 saturated carbocycles. The van der Waals surface area contributed by atoms with Gasteiger partial charge in [-0.1, -0.05) is 52.5 Å². The quantitative estimate of drug-likeness (QED) is 0.715. The van der Waals surface area contributed by atoms with Crippen LogP contribution in [-0.2, 0) is 6.42 Å². The lowest BCUT2D eigenvalue weighted by Gasteiger charge is -2.10. The zero-order chi connectivity index (χ0) is 13.9. The highest BCUT2D eigenvalue weighted by Gasteiger charge is 2.19. The van der Waals surface area contributed by atoms with Gasteiger partial charge in [-0.25, -0.2) is 9.97 Å². The second-order valence-electron chi connectivity index (χ2n) is 5.32. The van der Waals surface area contributed by atoms with Gasteiger partial charge < -0.3 is 0 Å². The maximum Gasteiger partial charge on any atom is 0.134 e. The first-order chi connectivity index (χ1) is 9.70. The third-order valence-corrected chi connectivity index (χ3v) is 4.53. The van der Waals surface area contributed by atoms with Gasteiger partial charge in [-0.15, -0.1) is 0 Å². The van der Waals surface area contributed by atoms with E-state index in [1.807, 2.05) is 18.2 Å². The van der Waals surface area contributed by atoms with Crippen LogP contribution in [-0.4, -0.2) is 9.97 Å². The van der Waals surface area contributed by atoms with E-state index < -0.39 is 0 Å². The Labute approximate surface area is 132 Å². The highest BCUT2D eigenvalue weighted by Crippen LogP contribution is 2.33. The van der Waals surface area contributed by atoms with Crippen LogP contribution in [0.4, 0.5) is 0 Å². The first-order valence-corrected chi connectivity index (χ1v) is 8.15. The number of halogens is 2. The van der Waals surface area contributed by atoms with Crippen LogP contribution in [0.5, 0.6) is 0 Å². The van der Waals surface area contributed by atoms with Crippen LogP contribution in [0.2, 0.25) is 5.15 Å². The lowest BCUT2D eigenvalue weighted by Crippen LogP contribution is -2.04. The van der Waals surface area contributed by atoms with Gasteiger partial charge in [-0.05, 0) is 36.6 Å². The summed E-state index contributed by atoms with van der Waals surface area (Å²) in [7, 11) is 0. The smallest absolute Gasteiger partial charge is 0.134 e. The molecule has 0 saturated heterocycles. The predicted molar refractivity (Wildman–Crippen MR) is 85.2 cm³/mol. The molecule has 1 heterocycles. The summed E-state index contributed by atoms with van der Waals surface area (Å²) in [6, 6.07) is 10.2.